The highest BCUT2D eigenvalue weighted by Gasteiger charge is 2.12. The molecule has 0 radical (unpaired) electrons. The zero-order valence-electron chi connectivity index (χ0n) is 10.4. The monoisotopic (exact) mass is 248 g/mol. The predicted molar refractivity (Wildman–Crippen MR) is 66.9 cm³/mol. The number of nitrogens with two attached hydrogens (primary N) is 1. The molecule has 2 rings (SSSR count). The van der Waals surface area contributed by atoms with E-state index in [4.69, 9.17) is 10.3 Å². The molecule has 96 valence electrons. The second kappa shape index (κ2) is 4.95. The zero-order chi connectivity index (χ0) is 13.1. The number of hydrogen-bond donors (Lipinski definition) is 2. The summed E-state index contributed by atoms with van der Waals surface area (Å²) in [4.78, 5) is 12.0. The first-order chi connectivity index (χ1) is 8.60. The summed E-state index contributed by atoms with van der Waals surface area (Å²) in [5.41, 5.74) is 7.51. The van der Waals surface area contributed by atoms with Crippen LogP contribution >= 0.6 is 0 Å². The van der Waals surface area contributed by atoms with Crippen molar-refractivity contribution in [2.45, 2.75) is 26.9 Å². The van der Waals surface area contributed by atoms with E-state index in [0.29, 0.717) is 30.2 Å². The average Bonchev–Trinajstić information content (AvgIpc) is 2.92. The van der Waals surface area contributed by atoms with Crippen LogP contribution in [-0.4, -0.2) is 15.6 Å². The van der Waals surface area contributed by atoms with Crippen LogP contribution in [0, 0.1) is 6.92 Å². The molecule has 2 aromatic rings. The fourth-order valence-electron chi connectivity index (χ4n) is 1.75. The van der Waals surface area contributed by atoms with Gasteiger partial charge in [-0.3, -0.25) is 4.79 Å². The summed E-state index contributed by atoms with van der Waals surface area (Å²) in [6.45, 7) is 4.80. The highest BCUT2D eigenvalue weighted by atomic mass is 16.5. The first-order valence-electron chi connectivity index (χ1n) is 5.76. The zero-order valence-corrected chi connectivity index (χ0v) is 10.4. The number of aryl methyl sites for hydroxylation is 2. The quantitative estimate of drug-likeness (QED) is 0.854. The van der Waals surface area contributed by atoms with Crippen molar-refractivity contribution < 1.29 is 9.32 Å². The molecule has 3 N–H and O–H groups in total. The second-order valence-corrected chi connectivity index (χ2v) is 4.06. The van der Waals surface area contributed by atoms with Gasteiger partial charge in [-0.25, -0.2) is 0 Å². The van der Waals surface area contributed by atoms with E-state index in [1.165, 1.54) is 0 Å². The Morgan fingerprint density at radius 1 is 1.56 bits per heavy atom. The van der Waals surface area contributed by atoms with Gasteiger partial charge >= 0.3 is 0 Å². The fraction of sp³-hybridized carbons (Fsp3) is 0.333. The van der Waals surface area contributed by atoms with Crippen molar-refractivity contribution in [3.05, 3.63) is 35.5 Å². The third-order valence-electron chi connectivity index (χ3n) is 2.60. The van der Waals surface area contributed by atoms with Crippen LogP contribution in [0.15, 0.2) is 22.9 Å². The number of rotatable bonds is 4. The van der Waals surface area contributed by atoms with Crippen molar-refractivity contribution in [3.63, 3.8) is 0 Å². The Morgan fingerprint density at radius 3 is 2.94 bits per heavy atom. The topological polar surface area (TPSA) is 86.1 Å². The van der Waals surface area contributed by atoms with Crippen molar-refractivity contribution in [2.75, 3.05) is 5.73 Å². The van der Waals surface area contributed by atoms with E-state index in [1.54, 1.807) is 29.8 Å². The molecular weight excluding hydrogens is 232 g/mol. The number of amides is 1. The molecule has 0 aromatic carbocycles. The van der Waals surface area contributed by atoms with Gasteiger partial charge < -0.3 is 20.1 Å². The number of aromatic nitrogens is 2. The Labute approximate surface area is 105 Å². The van der Waals surface area contributed by atoms with Crippen LogP contribution in [0.3, 0.4) is 0 Å². The molecule has 0 aliphatic heterocycles. The normalized spacial score (nSPS) is 10.6. The average molecular weight is 248 g/mol. The van der Waals surface area contributed by atoms with Crippen LogP contribution in [0.4, 0.5) is 5.69 Å². The summed E-state index contributed by atoms with van der Waals surface area (Å²) in [5.74, 6) is 0.551. The minimum atomic E-state index is -0.172. The van der Waals surface area contributed by atoms with E-state index in [1.807, 2.05) is 6.92 Å². The number of carbonyl (C=O) groups excluding carboxylic acids is 1. The van der Waals surface area contributed by atoms with Gasteiger partial charge in [-0.05, 0) is 19.9 Å². The first kappa shape index (κ1) is 12.2. The molecule has 0 bridgehead atoms. The molecular formula is C12H16N4O2. The van der Waals surface area contributed by atoms with Crippen molar-refractivity contribution in [1.29, 1.82) is 0 Å². The molecule has 0 aliphatic rings. The fourth-order valence-corrected chi connectivity index (χ4v) is 1.75. The summed E-state index contributed by atoms with van der Waals surface area (Å²) in [5, 5.41) is 6.59. The summed E-state index contributed by atoms with van der Waals surface area (Å²) in [6.07, 6.45) is 1.75. The third-order valence-corrected chi connectivity index (χ3v) is 2.60. The summed E-state index contributed by atoms with van der Waals surface area (Å²) in [7, 11) is 0. The SMILES string of the molecule is CCn1cc(N)cc1C(=O)NCc1cc(C)on1. The van der Waals surface area contributed by atoms with Gasteiger partial charge in [0.1, 0.15) is 17.1 Å². The molecule has 0 aliphatic carbocycles. The number of nitrogens with one attached hydrogen (secondary N) is 1. The lowest BCUT2D eigenvalue weighted by molar-refractivity contribution is 0.0941. The van der Waals surface area contributed by atoms with E-state index in [9.17, 15) is 4.79 Å². The Kier molecular flexibility index (Phi) is 3.36. The minimum absolute atomic E-state index is 0.172. The summed E-state index contributed by atoms with van der Waals surface area (Å²) >= 11 is 0. The van der Waals surface area contributed by atoms with Gasteiger partial charge in [-0.15, -0.1) is 0 Å². The smallest absolute Gasteiger partial charge is 0.268 e. The maximum Gasteiger partial charge on any atom is 0.268 e. The van der Waals surface area contributed by atoms with E-state index in [0.717, 1.165) is 5.76 Å². The largest absolute Gasteiger partial charge is 0.397 e. The number of anilines is 1. The standard InChI is InChI=1S/C12H16N4O2/c1-3-16-7-9(13)5-11(16)12(17)14-6-10-4-8(2)18-15-10/h4-5,7H,3,6,13H2,1-2H3,(H,14,17). The van der Waals surface area contributed by atoms with Gasteiger partial charge in [0.05, 0.1) is 12.2 Å². The molecule has 2 heterocycles. The molecule has 6 heteroatoms. The number of nitrogens with zero attached hydrogens (tertiary/aromatic N) is 2. The molecule has 18 heavy (non-hydrogen) atoms. The lowest BCUT2D eigenvalue weighted by Gasteiger charge is -2.05. The van der Waals surface area contributed by atoms with Crippen molar-refractivity contribution in [3.8, 4) is 0 Å². The Hall–Kier alpha value is -2.24. The predicted octanol–water partition coefficient (Wildman–Crippen LogP) is 1.32. The van der Waals surface area contributed by atoms with Crippen LogP contribution < -0.4 is 11.1 Å². The van der Waals surface area contributed by atoms with E-state index in [2.05, 4.69) is 10.5 Å². The summed E-state index contributed by atoms with van der Waals surface area (Å²) < 4.78 is 6.73. The Balaban J connectivity index is 2.03. The van der Waals surface area contributed by atoms with Crippen molar-refractivity contribution in [2.24, 2.45) is 0 Å². The highest BCUT2D eigenvalue weighted by molar-refractivity contribution is 5.93. The number of nitrogen functional groups attached to an aromatic ring is 1. The maximum atomic E-state index is 12.0. The molecule has 2 aromatic heterocycles. The van der Waals surface area contributed by atoms with E-state index >= 15 is 0 Å². The Morgan fingerprint density at radius 2 is 2.33 bits per heavy atom. The van der Waals surface area contributed by atoms with Crippen LogP contribution in [0.25, 0.3) is 0 Å². The molecule has 0 atom stereocenters. The lowest BCUT2D eigenvalue weighted by atomic mass is 10.3. The van der Waals surface area contributed by atoms with Gasteiger partial charge in [0.15, 0.2) is 0 Å². The van der Waals surface area contributed by atoms with Gasteiger partial charge in [-0.1, -0.05) is 5.16 Å². The second-order valence-electron chi connectivity index (χ2n) is 4.06. The van der Waals surface area contributed by atoms with Gasteiger partial charge in [-0.2, -0.15) is 0 Å². The molecule has 6 nitrogen and oxygen atoms in total. The van der Waals surface area contributed by atoms with Crippen molar-refractivity contribution in [1.82, 2.24) is 15.0 Å². The Bertz CT molecular complexity index is 556. The van der Waals surface area contributed by atoms with Gasteiger partial charge in [0, 0.05) is 18.8 Å². The molecule has 0 unspecified atom stereocenters. The molecule has 0 saturated carbocycles. The van der Waals surface area contributed by atoms with E-state index < -0.39 is 0 Å². The molecule has 0 saturated heterocycles. The van der Waals surface area contributed by atoms with E-state index in [-0.39, 0.29) is 5.91 Å². The molecule has 1 amide bonds. The van der Waals surface area contributed by atoms with Crippen LogP contribution in [-0.2, 0) is 13.1 Å². The van der Waals surface area contributed by atoms with Crippen LogP contribution in [0.2, 0.25) is 0 Å². The third kappa shape index (κ3) is 2.53. The summed E-state index contributed by atoms with van der Waals surface area (Å²) in [6, 6.07) is 3.44. The maximum absolute atomic E-state index is 12.0. The highest BCUT2D eigenvalue weighted by Crippen LogP contribution is 2.10. The molecule has 0 spiro atoms. The van der Waals surface area contributed by atoms with Crippen LogP contribution in [0.5, 0.6) is 0 Å². The van der Waals surface area contributed by atoms with Crippen LogP contribution in [0.1, 0.15) is 28.9 Å². The van der Waals surface area contributed by atoms with Gasteiger partial charge in [0.25, 0.3) is 5.91 Å². The molecule has 0 fully saturated rings. The number of carbonyl (C=O) groups is 1. The van der Waals surface area contributed by atoms with Crippen molar-refractivity contribution >= 4 is 11.6 Å². The lowest BCUT2D eigenvalue weighted by Crippen LogP contribution is -2.25. The number of hydrogen-bond acceptors (Lipinski definition) is 4. The minimum Gasteiger partial charge on any atom is -0.397 e. The van der Waals surface area contributed by atoms with Gasteiger partial charge in [0.2, 0.25) is 0 Å². The first-order valence-corrected chi connectivity index (χ1v) is 5.76.